The van der Waals surface area contributed by atoms with E-state index >= 15 is 0 Å². The fourth-order valence-corrected chi connectivity index (χ4v) is 3.33. The third-order valence-electron chi connectivity index (χ3n) is 5.15. The van der Waals surface area contributed by atoms with Crippen LogP contribution in [0.3, 0.4) is 0 Å². The topological polar surface area (TPSA) is 54.5 Å². The number of carbonyl (C=O) groups is 1. The Morgan fingerprint density at radius 2 is 1.96 bits per heavy atom. The highest BCUT2D eigenvalue weighted by molar-refractivity contribution is 5.87. The maximum atomic E-state index is 13.2. The Balaban J connectivity index is 1.72. The van der Waals surface area contributed by atoms with Gasteiger partial charge in [0.25, 0.3) is 0 Å². The minimum Gasteiger partial charge on any atom is -0.379 e. The highest BCUT2D eigenvalue weighted by Crippen LogP contribution is 2.25. The van der Waals surface area contributed by atoms with Gasteiger partial charge < -0.3 is 10.1 Å². The predicted octanol–water partition coefficient (Wildman–Crippen LogP) is 2.69. The van der Waals surface area contributed by atoms with Crippen molar-refractivity contribution in [3.05, 3.63) is 65.7 Å². The molecule has 1 aromatic carbocycles. The summed E-state index contributed by atoms with van der Waals surface area (Å²) in [6, 6.07) is 10.1. The van der Waals surface area contributed by atoms with Gasteiger partial charge in [-0.3, -0.25) is 14.7 Å². The van der Waals surface area contributed by atoms with Gasteiger partial charge in [0.1, 0.15) is 5.82 Å². The SMILES string of the molecule is CC(C)(C(=O)NC[C@H](c1cccnc1)N1CCOCC1)c1ccc(F)cc1. The van der Waals surface area contributed by atoms with E-state index < -0.39 is 5.41 Å². The molecule has 2 heterocycles. The Labute approximate surface area is 159 Å². The molecule has 144 valence electrons. The lowest BCUT2D eigenvalue weighted by Gasteiger charge is -2.35. The van der Waals surface area contributed by atoms with E-state index in [0.29, 0.717) is 19.8 Å². The quantitative estimate of drug-likeness (QED) is 0.848. The molecule has 1 N–H and O–H groups in total. The van der Waals surface area contributed by atoms with Gasteiger partial charge in [-0.1, -0.05) is 18.2 Å². The van der Waals surface area contributed by atoms with Gasteiger partial charge >= 0.3 is 0 Å². The van der Waals surface area contributed by atoms with Crippen molar-refractivity contribution in [2.24, 2.45) is 0 Å². The van der Waals surface area contributed by atoms with Gasteiger partial charge in [0.2, 0.25) is 5.91 Å². The third-order valence-corrected chi connectivity index (χ3v) is 5.15. The van der Waals surface area contributed by atoms with Crippen LogP contribution in [0, 0.1) is 5.82 Å². The Kier molecular flexibility index (Phi) is 6.19. The second-order valence-electron chi connectivity index (χ2n) is 7.29. The van der Waals surface area contributed by atoms with Crippen LogP contribution >= 0.6 is 0 Å². The highest BCUT2D eigenvalue weighted by Gasteiger charge is 2.31. The van der Waals surface area contributed by atoms with Crippen molar-refractivity contribution in [1.29, 1.82) is 0 Å². The Morgan fingerprint density at radius 1 is 1.26 bits per heavy atom. The molecule has 0 saturated carbocycles. The molecule has 1 atom stereocenters. The van der Waals surface area contributed by atoms with Crippen LogP contribution in [-0.2, 0) is 14.9 Å². The summed E-state index contributed by atoms with van der Waals surface area (Å²) in [5.41, 5.74) is 1.10. The number of carbonyl (C=O) groups excluding carboxylic acids is 1. The van der Waals surface area contributed by atoms with E-state index in [4.69, 9.17) is 4.74 Å². The largest absolute Gasteiger partial charge is 0.379 e. The molecule has 0 unspecified atom stereocenters. The van der Waals surface area contributed by atoms with Crippen molar-refractivity contribution in [2.45, 2.75) is 25.3 Å². The van der Waals surface area contributed by atoms with Crippen LogP contribution in [0.2, 0.25) is 0 Å². The Hall–Kier alpha value is -2.31. The van der Waals surface area contributed by atoms with E-state index in [1.54, 1.807) is 18.3 Å². The fourth-order valence-electron chi connectivity index (χ4n) is 3.33. The van der Waals surface area contributed by atoms with Crippen molar-refractivity contribution >= 4 is 5.91 Å². The Bertz CT molecular complexity index is 744. The van der Waals surface area contributed by atoms with Crippen molar-refractivity contribution in [3.8, 4) is 0 Å². The molecule has 0 bridgehead atoms. The second kappa shape index (κ2) is 8.59. The number of hydrogen-bond acceptors (Lipinski definition) is 4. The van der Waals surface area contributed by atoms with Crippen LogP contribution in [0.15, 0.2) is 48.8 Å². The van der Waals surface area contributed by atoms with Crippen molar-refractivity contribution in [3.63, 3.8) is 0 Å². The number of aromatic nitrogens is 1. The van der Waals surface area contributed by atoms with E-state index in [-0.39, 0.29) is 17.8 Å². The number of nitrogens with zero attached hydrogens (tertiary/aromatic N) is 2. The van der Waals surface area contributed by atoms with E-state index in [9.17, 15) is 9.18 Å². The van der Waals surface area contributed by atoms with Crippen LogP contribution in [0.5, 0.6) is 0 Å². The minimum atomic E-state index is -0.752. The minimum absolute atomic E-state index is 0.0376. The van der Waals surface area contributed by atoms with E-state index in [2.05, 4.69) is 15.2 Å². The van der Waals surface area contributed by atoms with Gasteiger partial charge in [-0.05, 0) is 43.2 Å². The van der Waals surface area contributed by atoms with Crippen molar-refractivity contribution in [2.75, 3.05) is 32.8 Å². The predicted molar refractivity (Wildman–Crippen MR) is 102 cm³/mol. The molecule has 1 aliphatic heterocycles. The number of hydrogen-bond donors (Lipinski definition) is 1. The standard InChI is InChI=1S/C21H26FN3O2/c1-21(2,17-5-7-18(22)8-6-17)20(26)24-15-19(16-4-3-9-23-14-16)25-10-12-27-13-11-25/h3-9,14,19H,10-13,15H2,1-2H3,(H,24,26)/t19-/m1/s1. The molecule has 1 saturated heterocycles. The number of benzene rings is 1. The molecule has 1 aliphatic rings. The first-order valence-electron chi connectivity index (χ1n) is 9.24. The summed E-state index contributed by atoms with van der Waals surface area (Å²) in [6.45, 7) is 7.19. The molecule has 6 heteroatoms. The summed E-state index contributed by atoms with van der Waals surface area (Å²) in [7, 11) is 0. The van der Waals surface area contributed by atoms with E-state index in [1.165, 1.54) is 12.1 Å². The number of morpholine rings is 1. The summed E-state index contributed by atoms with van der Waals surface area (Å²) >= 11 is 0. The number of halogens is 1. The first kappa shape index (κ1) is 19.5. The summed E-state index contributed by atoms with van der Waals surface area (Å²) in [5.74, 6) is -0.393. The van der Waals surface area contributed by atoms with Crippen LogP contribution in [-0.4, -0.2) is 48.6 Å². The lowest BCUT2D eigenvalue weighted by molar-refractivity contribution is -0.126. The van der Waals surface area contributed by atoms with Crippen LogP contribution in [0.25, 0.3) is 0 Å². The van der Waals surface area contributed by atoms with Crippen LogP contribution in [0.1, 0.15) is 31.0 Å². The molecule has 1 amide bonds. The number of nitrogens with one attached hydrogen (secondary N) is 1. The molecular weight excluding hydrogens is 345 g/mol. The maximum Gasteiger partial charge on any atom is 0.230 e. The maximum absolute atomic E-state index is 13.2. The number of rotatable bonds is 6. The van der Waals surface area contributed by atoms with E-state index in [1.807, 2.05) is 32.2 Å². The fraction of sp³-hybridized carbons (Fsp3) is 0.429. The number of ether oxygens (including phenoxy) is 1. The monoisotopic (exact) mass is 371 g/mol. The zero-order valence-electron chi connectivity index (χ0n) is 15.8. The second-order valence-corrected chi connectivity index (χ2v) is 7.29. The van der Waals surface area contributed by atoms with E-state index in [0.717, 1.165) is 24.2 Å². The number of pyridine rings is 1. The van der Waals surface area contributed by atoms with Crippen LogP contribution < -0.4 is 5.32 Å². The third kappa shape index (κ3) is 4.70. The van der Waals surface area contributed by atoms with Crippen molar-refractivity contribution in [1.82, 2.24) is 15.2 Å². The molecule has 0 radical (unpaired) electrons. The molecule has 1 fully saturated rings. The molecular formula is C21H26FN3O2. The highest BCUT2D eigenvalue weighted by atomic mass is 19.1. The van der Waals surface area contributed by atoms with Crippen molar-refractivity contribution < 1.29 is 13.9 Å². The van der Waals surface area contributed by atoms with Gasteiger partial charge in [0.05, 0.1) is 24.7 Å². The molecule has 1 aromatic heterocycles. The lowest BCUT2D eigenvalue weighted by Crippen LogP contribution is -2.47. The average Bonchev–Trinajstić information content (AvgIpc) is 2.70. The summed E-state index contributed by atoms with van der Waals surface area (Å²) in [5, 5.41) is 3.09. The van der Waals surface area contributed by atoms with Gasteiger partial charge in [0, 0.05) is 32.0 Å². The summed E-state index contributed by atoms with van der Waals surface area (Å²) in [4.78, 5) is 19.4. The molecule has 0 aliphatic carbocycles. The first-order valence-corrected chi connectivity index (χ1v) is 9.24. The molecule has 2 aromatic rings. The van der Waals surface area contributed by atoms with Gasteiger partial charge in [0.15, 0.2) is 0 Å². The molecule has 27 heavy (non-hydrogen) atoms. The molecule has 5 nitrogen and oxygen atoms in total. The first-order chi connectivity index (χ1) is 13.0. The van der Waals surface area contributed by atoms with Gasteiger partial charge in [-0.25, -0.2) is 4.39 Å². The zero-order chi connectivity index (χ0) is 19.3. The Morgan fingerprint density at radius 3 is 2.59 bits per heavy atom. The summed E-state index contributed by atoms with van der Waals surface area (Å²) in [6.07, 6.45) is 3.59. The van der Waals surface area contributed by atoms with Crippen LogP contribution in [0.4, 0.5) is 4.39 Å². The molecule has 3 rings (SSSR count). The lowest BCUT2D eigenvalue weighted by atomic mass is 9.83. The normalized spacial score (nSPS) is 16.7. The average molecular weight is 371 g/mol. The summed E-state index contributed by atoms with van der Waals surface area (Å²) < 4.78 is 18.7. The van der Waals surface area contributed by atoms with Gasteiger partial charge in [-0.2, -0.15) is 0 Å². The zero-order valence-corrected chi connectivity index (χ0v) is 15.8. The smallest absolute Gasteiger partial charge is 0.230 e. The number of amides is 1. The molecule has 0 spiro atoms. The van der Waals surface area contributed by atoms with Gasteiger partial charge in [-0.15, -0.1) is 0 Å².